The number of allylic oxidation sites excluding steroid dienone is 2. The summed E-state index contributed by atoms with van der Waals surface area (Å²) in [5.41, 5.74) is 4.25. The normalized spacial score (nSPS) is 22.1. The quantitative estimate of drug-likeness (QED) is 0.643. The molecule has 0 spiro atoms. The summed E-state index contributed by atoms with van der Waals surface area (Å²) >= 11 is 0. The van der Waals surface area contributed by atoms with E-state index in [-0.39, 0.29) is 17.7 Å². The molecule has 1 heterocycles. The fourth-order valence-electron chi connectivity index (χ4n) is 4.34. The fourth-order valence-corrected chi connectivity index (χ4v) is 4.34. The van der Waals surface area contributed by atoms with Gasteiger partial charge in [-0.1, -0.05) is 25.1 Å². The highest BCUT2D eigenvalue weighted by molar-refractivity contribution is 5.91. The molecule has 0 fully saturated rings. The van der Waals surface area contributed by atoms with Crippen molar-refractivity contribution in [3.05, 3.63) is 59.7 Å². The Balaban J connectivity index is 1.65. The smallest absolute Gasteiger partial charge is 0.224 e. The first kappa shape index (κ1) is 18.4. The first-order valence-corrected chi connectivity index (χ1v) is 9.84. The highest BCUT2D eigenvalue weighted by atomic mass is 16.5. The summed E-state index contributed by atoms with van der Waals surface area (Å²) in [4.78, 5) is 12.0. The Kier molecular flexibility index (Phi) is 4.99. The Hall–Kier alpha value is -2.95. The zero-order chi connectivity index (χ0) is 19.7. The molecule has 5 heteroatoms. The molecule has 0 radical (unpaired) electrons. The van der Waals surface area contributed by atoms with E-state index in [9.17, 15) is 9.90 Å². The van der Waals surface area contributed by atoms with Crippen LogP contribution >= 0.6 is 0 Å². The zero-order valence-corrected chi connectivity index (χ0v) is 16.2. The SMILES string of the molecule is CCCC(=O)Nc1ccc2c(c1)C1C=CCC1C(c1ccc(O)c(OC)c1)N2. The lowest BCUT2D eigenvalue weighted by Crippen LogP contribution is -2.29. The van der Waals surface area contributed by atoms with E-state index >= 15 is 0 Å². The third-order valence-electron chi connectivity index (χ3n) is 5.69. The van der Waals surface area contributed by atoms with Gasteiger partial charge in [0.15, 0.2) is 11.5 Å². The van der Waals surface area contributed by atoms with Gasteiger partial charge in [-0.3, -0.25) is 4.79 Å². The molecule has 3 N–H and O–H groups in total. The Morgan fingerprint density at radius 2 is 2.14 bits per heavy atom. The number of hydrogen-bond donors (Lipinski definition) is 3. The molecular formula is C23H26N2O3. The maximum atomic E-state index is 12.0. The van der Waals surface area contributed by atoms with Crippen molar-refractivity contribution >= 4 is 17.3 Å². The van der Waals surface area contributed by atoms with E-state index in [2.05, 4.69) is 28.9 Å². The van der Waals surface area contributed by atoms with Crippen LogP contribution in [0.2, 0.25) is 0 Å². The lowest BCUT2D eigenvalue weighted by Gasteiger charge is -2.38. The molecule has 3 unspecified atom stereocenters. The first-order valence-electron chi connectivity index (χ1n) is 9.84. The molecule has 1 aliphatic carbocycles. The van der Waals surface area contributed by atoms with E-state index in [0.29, 0.717) is 24.0 Å². The number of hydrogen-bond acceptors (Lipinski definition) is 4. The molecule has 4 rings (SSSR count). The molecule has 0 bridgehead atoms. The van der Waals surface area contributed by atoms with Crippen molar-refractivity contribution in [3.63, 3.8) is 0 Å². The number of rotatable bonds is 5. The Morgan fingerprint density at radius 1 is 1.29 bits per heavy atom. The van der Waals surface area contributed by atoms with Crippen molar-refractivity contribution in [1.29, 1.82) is 0 Å². The van der Waals surface area contributed by atoms with Crippen molar-refractivity contribution in [2.24, 2.45) is 5.92 Å². The highest BCUT2D eigenvalue weighted by Gasteiger charge is 2.38. The number of fused-ring (bicyclic) bond motifs is 3. The lowest BCUT2D eigenvalue weighted by molar-refractivity contribution is -0.116. The standard InChI is InChI=1S/C23H26N2O3/c1-3-5-22(27)24-15-9-10-19-18(13-15)16-6-4-7-17(16)23(25-19)14-8-11-20(26)21(12-14)28-2/h4,6,8-13,16-17,23,25-26H,3,5,7H2,1-2H3,(H,24,27). The van der Waals surface area contributed by atoms with E-state index in [1.165, 1.54) is 5.56 Å². The van der Waals surface area contributed by atoms with E-state index in [4.69, 9.17) is 4.74 Å². The average Bonchev–Trinajstić information content (AvgIpc) is 3.18. The Morgan fingerprint density at radius 3 is 2.93 bits per heavy atom. The maximum absolute atomic E-state index is 12.0. The minimum Gasteiger partial charge on any atom is -0.504 e. The van der Waals surface area contributed by atoms with Crippen LogP contribution in [0.3, 0.4) is 0 Å². The number of ether oxygens (including phenoxy) is 1. The molecule has 2 aliphatic rings. The number of carbonyl (C=O) groups is 1. The van der Waals surface area contributed by atoms with Crippen LogP contribution in [0.4, 0.5) is 11.4 Å². The van der Waals surface area contributed by atoms with Crippen molar-refractivity contribution in [2.75, 3.05) is 17.7 Å². The van der Waals surface area contributed by atoms with Gasteiger partial charge in [0.25, 0.3) is 0 Å². The summed E-state index contributed by atoms with van der Waals surface area (Å²) < 4.78 is 5.30. The molecule has 0 saturated carbocycles. The molecular weight excluding hydrogens is 352 g/mol. The van der Waals surface area contributed by atoms with Gasteiger partial charge >= 0.3 is 0 Å². The number of amides is 1. The minimum absolute atomic E-state index is 0.0544. The molecule has 146 valence electrons. The zero-order valence-electron chi connectivity index (χ0n) is 16.2. The topological polar surface area (TPSA) is 70.6 Å². The van der Waals surface area contributed by atoms with Crippen LogP contribution in [0.25, 0.3) is 0 Å². The summed E-state index contributed by atoms with van der Waals surface area (Å²) in [5.74, 6) is 1.36. The number of methoxy groups -OCH3 is 1. The van der Waals surface area contributed by atoms with Gasteiger partial charge in [0.1, 0.15) is 0 Å². The van der Waals surface area contributed by atoms with Gasteiger partial charge in [0.05, 0.1) is 13.2 Å². The molecule has 28 heavy (non-hydrogen) atoms. The van der Waals surface area contributed by atoms with Crippen molar-refractivity contribution in [1.82, 2.24) is 0 Å². The summed E-state index contributed by atoms with van der Waals surface area (Å²) in [6.45, 7) is 2.00. The predicted molar refractivity (Wildman–Crippen MR) is 111 cm³/mol. The third kappa shape index (κ3) is 3.33. The number of nitrogens with one attached hydrogen (secondary N) is 2. The van der Waals surface area contributed by atoms with Gasteiger partial charge in [0.2, 0.25) is 5.91 Å². The minimum atomic E-state index is 0.0544. The molecule has 1 aliphatic heterocycles. The van der Waals surface area contributed by atoms with Crippen LogP contribution in [0, 0.1) is 5.92 Å². The van der Waals surface area contributed by atoms with Crippen molar-refractivity contribution < 1.29 is 14.6 Å². The molecule has 2 aromatic carbocycles. The third-order valence-corrected chi connectivity index (χ3v) is 5.69. The second-order valence-electron chi connectivity index (χ2n) is 7.51. The number of aromatic hydroxyl groups is 1. The molecule has 1 amide bonds. The van der Waals surface area contributed by atoms with Crippen LogP contribution in [-0.2, 0) is 4.79 Å². The van der Waals surface area contributed by atoms with E-state index in [1.54, 1.807) is 13.2 Å². The summed E-state index contributed by atoms with van der Waals surface area (Å²) in [6, 6.07) is 11.8. The van der Waals surface area contributed by atoms with Crippen LogP contribution in [0.5, 0.6) is 11.5 Å². The molecule has 0 aromatic heterocycles. The molecule has 3 atom stereocenters. The van der Waals surface area contributed by atoms with E-state index in [0.717, 1.165) is 29.8 Å². The van der Waals surface area contributed by atoms with Crippen LogP contribution in [0.1, 0.15) is 49.3 Å². The highest BCUT2D eigenvalue weighted by Crippen LogP contribution is 2.50. The largest absolute Gasteiger partial charge is 0.504 e. The number of anilines is 2. The van der Waals surface area contributed by atoms with Crippen LogP contribution in [-0.4, -0.2) is 18.1 Å². The van der Waals surface area contributed by atoms with Crippen LogP contribution < -0.4 is 15.4 Å². The fraction of sp³-hybridized carbons (Fsp3) is 0.348. The van der Waals surface area contributed by atoms with Gasteiger partial charge in [-0.15, -0.1) is 0 Å². The number of benzene rings is 2. The first-order chi connectivity index (χ1) is 13.6. The number of carbonyl (C=O) groups excluding carboxylic acids is 1. The summed E-state index contributed by atoms with van der Waals surface area (Å²) in [5, 5.41) is 16.6. The van der Waals surface area contributed by atoms with Gasteiger partial charge < -0.3 is 20.5 Å². The van der Waals surface area contributed by atoms with E-state index in [1.807, 2.05) is 31.2 Å². The van der Waals surface area contributed by atoms with E-state index < -0.39 is 0 Å². The van der Waals surface area contributed by atoms with Crippen molar-refractivity contribution in [3.8, 4) is 11.5 Å². The second kappa shape index (κ2) is 7.58. The van der Waals surface area contributed by atoms with Gasteiger partial charge in [0, 0.05) is 23.7 Å². The number of phenols is 1. The monoisotopic (exact) mass is 378 g/mol. The number of phenolic OH excluding ortho intramolecular Hbond substituents is 1. The lowest BCUT2D eigenvalue weighted by atomic mass is 9.77. The Bertz CT molecular complexity index is 922. The summed E-state index contributed by atoms with van der Waals surface area (Å²) in [6.07, 6.45) is 6.86. The predicted octanol–water partition coefficient (Wildman–Crippen LogP) is 4.97. The molecule has 5 nitrogen and oxygen atoms in total. The van der Waals surface area contributed by atoms with Gasteiger partial charge in [-0.25, -0.2) is 0 Å². The van der Waals surface area contributed by atoms with Gasteiger partial charge in [-0.05, 0) is 60.2 Å². The second-order valence-corrected chi connectivity index (χ2v) is 7.51. The van der Waals surface area contributed by atoms with Gasteiger partial charge in [-0.2, -0.15) is 0 Å². The molecule has 2 aromatic rings. The summed E-state index contributed by atoms with van der Waals surface area (Å²) in [7, 11) is 1.57. The van der Waals surface area contributed by atoms with Crippen LogP contribution in [0.15, 0.2) is 48.6 Å². The Labute approximate surface area is 165 Å². The van der Waals surface area contributed by atoms with Crippen molar-refractivity contribution in [2.45, 2.75) is 38.1 Å². The average molecular weight is 378 g/mol. The maximum Gasteiger partial charge on any atom is 0.224 e. The molecule has 0 saturated heterocycles.